The number of amides is 2. The maximum Gasteiger partial charge on any atom is 0.315 e. The van der Waals surface area contributed by atoms with Crippen LogP contribution in [0, 0.1) is 5.41 Å². The molecule has 126 valence electrons. The summed E-state index contributed by atoms with van der Waals surface area (Å²) in [5, 5.41) is 15.3. The Morgan fingerprint density at radius 2 is 1.77 bits per heavy atom. The second-order valence-corrected chi connectivity index (χ2v) is 7.46. The molecule has 22 heavy (non-hydrogen) atoms. The summed E-state index contributed by atoms with van der Waals surface area (Å²) in [6.45, 7) is 0.750. The van der Waals surface area contributed by atoms with Crippen molar-refractivity contribution in [2.24, 2.45) is 5.41 Å². The number of ether oxygens (including phenoxy) is 1. The number of aliphatic hydroxyl groups excluding tert-OH is 1. The van der Waals surface area contributed by atoms with Crippen LogP contribution in [-0.2, 0) is 4.74 Å². The number of hydrogen-bond acceptors (Lipinski definition) is 3. The highest BCUT2D eigenvalue weighted by Crippen LogP contribution is 2.44. The van der Waals surface area contributed by atoms with Crippen LogP contribution in [0.3, 0.4) is 0 Å². The predicted molar refractivity (Wildman–Crippen MR) is 84.7 cm³/mol. The van der Waals surface area contributed by atoms with Gasteiger partial charge in [0.15, 0.2) is 0 Å². The van der Waals surface area contributed by atoms with Crippen molar-refractivity contribution in [1.29, 1.82) is 0 Å². The molecule has 0 aromatic rings. The van der Waals surface area contributed by atoms with Gasteiger partial charge in [-0.2, -0.15) is 0 Å². The van der Waals surface area contributed by atoms with Crippen molar-refractivity contribution in [2.75, 3.05) is 13.2 Å². The topological polar surface area (TPSA) is 70.6 Å². The zero-order valence-corrected chi connectivity index (χ0v) is 13.5. The first kappa shape index (κ1) is 16.1. The standard InChI is InChI=1S/C17H30N2O3/c20-12-17(9-10-17)11-18-16(21)19-14-7-3-4-8-15(14)22-13-5-1-2-6-13/h13-15,20H,1-12H2,(H2,18,19,21). The van der Waals surface area contributed by atoms with Crippen molar-refractivity contribution in [3.63, 3.8) is 0 Å². The lowest BCUT2D eigenvalue weighted by Crippen LogP contribution is -2.51. The van der Waals surface area contributed by atoms with Crippen molar-refractivity contribution in [3.05, 3.63) is 0 Å². The van der Waals surface area contributed by atoms with Gasteiger partial charge >= 0.3 is 6.03 Å². The fourth-order valence-electron chi connectivity index (χ4n) is 3.75. The summed E-state index contributed by atoms with van der Waals surface area (Å²) in [6.07, 6.45) is 11.9. The quantitative estimate of drug-likeness (QED) is 0.705. The van der Waals surface area contributed by atoms with Crippen molar-refractivity contribution in [1.82, 2.24) is 10.6 Å². The SMILES string of the molecule is O=C(NCC1(CO)CC1)NC1CCCCC1OC1CCCC1. The molecule has 0 aliphatic heterocycles. The van der Waals surface area contributed by atoms with Gasteiger partial charge in [0.2, 0.25) is 0 Å². The Morgan fingerprint density at radius 1 is 1.09 bits per heavy atom. The van der Waals surface area contributed by atoms with Crippen LogP contribution in [0.5, 0.6) is 0 Å². The van der Waals surface area contributed by atoms with E-state index in [-0.39, 0.29) is 30.2 Å². The molecule has 2 amide bonds. The van der Waals surface area contributed by atoms with Crippen LogP contribution >= 0.6 is 0 Å². The molecule has 3 aliphatic rings. The first-order valence-corrected chi connectivity index (χ1v) is 9.01. The zero-order chi connectivity index (χ0) is 15.4. The van der Waals surface area contributed by atoms with E-state index in [0.717, 1.165) is 32.1 Å². The van der Waals surface area contributed by atoms with Gasteiger partial charge in [-0.05, 0) is 38.5 Å². The van der Waals surface area contributed by atoms with E-state index in [1.54, 1.807) is 0 Å². The van der Waals surface area contributed by atoms with Gasteiger partial charge in [0.1, 0.15) is 0 Å². The summed E-state index contributed by atoms with van der Waals surface area (Å²) in [6, 6.07) is 0.0327. The largest absolute Gasteiger partial charge is 0.396 e. The van der Waals surface area contributed by atoms with E-state index < -0.39 is 0 Å². The average Bonchev–Trinajstić information content (AvgIpc) is 3.14. The Hall–Kier alpha value is -0.810. The fraction of sp³-hybridized carbons (Fsp3) is 0.941. The van der Waals surface area contributed by atoms with Gasteiger partial charge in [-0.15, -0.1) is 0 Å². The van der Waals surface area contributed by atoms with E-state index in [9.17, 15) is 9.90 Å². The highest BCUT2D eigenvalue weighted by molar-refractivity contribution is 5.74. The van der Waals surface area contributed by atoms with E-state index in [2.05, 4.69) is 10.6 Å². The highest BCUT2D eigenvalue weighted by atomic mass is 16.5. The molecule has 0 aromatic carbocycles. The first-order valence-electron chi connectivity index (χ1n) is 9.01. The molecular formula is C17H30N2O3. The van der Waals surface area contributed by atoms with Crippen LogP contribution in [0.1, 0.15) is 64.2 Å². The summed E-state index contributed by atoms with van der Waals surface area (Å²) in [4.78, 5) is 12.1. The molecule has 3 saturated carbocycles. The fourth-order valence-corrected chi connectivity index (χ4v) is 3.75. The van der Waals surface area contributed by atoms with E-state index in [1.165, 1.54) is 32.1 Å². The minimum Gasteiger partial charge on any atom is -0.396 e. The van der Waals surface area contributed by atoms with E-state index in [4.69, 9.17) is 4.74 Å². The van der Waals surface area contributed by atoms with Crippen molar-refractivity contribution < 1.29 is 14.6 Å². The van der Waals surface area contributed by atoms with E-state index in [0.29, 0.717) is 12.6 Å². The molecule has 2 atom stereocenters. The van der Waals surface area contributed by atoms with Crippen molar-refractivity contribution in [2.45, 2.75) is 82.5 Å². The third-order valence-corrected chi connectivity index (χ3v) is 5.60. The Kier molecular flexibility index (Phi) is 5.24. The minimum atomic E-state index is -0.105. The number of aliphatic hydroxyl groups is 1. The van der Waals surface area contributed by atoms with Gasteiger partial charge < -0.3 is 20.5 Å². The molecule has 5 nitrogen and oxygen atoms in total. The number of urea groups is 1. The molecule has 0 aromatic heterocycles. The van der Waals surface area contributed by atoms with Gasteiger partial charge in [-0.25, -0.2) is 4.79 Å². The predicted octanol–water partition coefficient (Wildman–Crippen LogP) is 2.33. The van der Waals surface area contributed by atoms with Gasteiger partial charge in [0.05, 0.1) is 24.9 Å². The molecule has 5 heteroatoms. The Balaban J connectivity index is 1.44. The van der Waals surface area contributed by atoms with Crippen LogP contribution in [0.4, 0.5) is 4.79 Å². The number of carbonyl (C=O) groups is 1. The minimum absolute atomic E-state index is 0.0380. The molecule has 0 saturated heterocycles. The zero-order valence-electron chi connectivity index (χ0n) is 13.5. The molecule has 3 aliphatic carbocycles. The lowest BCUT2D eigenvalue weighted by molar-refractivity contribution is -0.0410. The van der Waals surface area contributed by atoms with E-state index >= 15 is 0 Å². The highest BCUT2D eigenvalue weighted by Gasteiger charge is 2.42. The van der Waals surface area contributed by atoms with Crippen LogP contribution < -0.4 is 10.6 Å². The lowest BCUT2D eigenvalue weighted by Gasteiger charge is -2.34. The van der Waals surface area contributed by atoms with Crippen molar-refractivity contribution in [3.8, 4) is 0 Å². The summed E-state index contributed by atoms with van der Waals surface area (Å²) in [5.41, 5.74) is -0.0380. The third-order valence-electron chi connectivity index (χ3n) is 5.60. The summed E-state index contributed by atoms with van der Waals surface area (Å²) >= 11 is 0. The molecule has 0 spiro atoms. The number of nitrogens with one attached hydrogen (secondary N) is 2. The molecule has 0 bridgehead atoms. The van der Waals surface area contributed by atoms with Gasteiger partial charge in [0.25, 0.3) is 0 Å². The molecule has 3 fully saturated rings. The molecule has 0 radical (unpaired) electrons. The van der Waals surface area contributed by atoms with E-state index in [1.807, 2.05) is 0 Å². The average molecular weight is 310 g/mol. The molecular weight excluding hydrogens is 280 g/mol. The summed E-state index contributed by atoms with van der Waals surface area (Å²) in [5.74, 6) is 0. The van der Waals surface area contributed by atoms with Crippen LogP contribution in [0.15, 0.2) is 0 Å². The Labute approximate surface area is 133 Å². The van der Waals surface area contributed by atoms with Crippen LogP contribution in [-0.4, -0.2) is 42.5 Å². The maximum absolute atomic E-state index is 12.1. The van der Waals surface area contributed by atoms with Crippen molar-refractivity contribution >= 4 is 6.03 Å². The molecule has 3 rings (SSSR count). The van der Waals surface area contributed by atoms with Gasteiger partial charge in [0, 0.05) is 12.0 Å². The van der Waals surface area contributed by atoms with Crippen LogP contribution in [0.2, 0.25) is 0 Å². The molecule has 2 unspecified atom stereocenters. The first-order chi connectivity index (χ1) is 10.7. The van der Waals surface area contributed by atoms with Crippen LogP contribution in [0.25, 0.3) is 0 Å². The Bertz CT molecular complexity index is 378. The molecule has 3 N–H and O–H groups in total. The third kappa shape index (κ3) is 4.13. The number of hydrogen-bond donors (Lipinski definition) is 3. The summed E-state index contributed by atoms with van der Waals surface area (Å²) < 4.78 is 6.26. The normalized spacial score (nSPS) is 31.0. The molecule has 0 heterocycles. The second kappa shape index (κ2) is 7.18. The van der Waals surface area contributed by atoms with Gasteiger partial charge in [-0.1, -0.05) is 25.7 Å². The summed E-state index contributed by atoms with van der Waals surface area (Å²) in [7, 11) is 0. The Morgan fingerprint density at radius 3 is 2.45 bits per heavy atom. The smallest absolute Gasteiger partial charge is 0.315 e. The second-order valence-electron chi connectivity index (χ2n) is 7.46. The lowest BCUT2D eigenvalue weighted by atomic mass is 9.92. The monoisotopic (exact) mass is 310 g/mol. The van der Waals surface area contributed by atoms with Gasteiger partial charge in [-0.3, -0.25) is 0 Å². The maximum atomic E-state index is 12.1. The number of rotatable bonds is 6. The number of carbonyl (C=O) groups excluding carboxylic acids is 1.